The second-order valence-corrected chi connectivity index (χ2v) is 8.12. The molecule has 0 radical (unpaired) electrons. The predicted molar refractivity (Wildman–Crippen MR) is 116 cm³/mol. The summed E-state index contributed by atoms with van der Waals surface area (Å²) in [6.45, 7) is 0.927. The van der Waals surface area contributed by atoms with Crippen LogP contribution < -0.4 is 9.80 Å². The lowest BCUT2D eigenvalue weighted by molar-refractivity contribution is -0.384. The van der Waals surface area contributed by atoms with E-state index >= 15 is 0 Å². The molecule has 2 amide bonds. The Morgan fingerprint density at radius 3 is 2.20 bits per heavy atom. The number of rotatable bonds is 5. The van der Waals surface area contributed by atoms with Crippen LogP contribution in [0, 0.1) is 10.1 Å². The highest BCUT2D eigenvalue weighted by Crippen LogP contribution is 2.37. The summed E-state index contributed by atoms with van der Waals surface area (Å²) >= 11 is 0. The molecule has 4 rings (SSSR count). The van der Waals surface area contributed by atoms with Gasteiger partial charge in [0.1, 0.15) is 5.69 Å². The second kappa shape index (κ2) is 8.98. The van der Waals surface area contributed by atoms with Gasteiger partial charge in [0, 0.05) is 32.2 Å². The fourth-order valence-electron chi connectivity index (χ4n) is 4.31. The van der Waals surface area contributed by atoms with E-state index in [2.05, 4.69) is 0 Å². The third-order valence-corrected chi connectivity index (χ3v) is 6.09. The monoisotopic (exact) mass is 492 g/mol. The van der Waals surface area contributed by atoms with Crippen molar-refractivity contribution < 1.29 is 37.6 Å². The number of benzene rings is 2. The number of amides is 2. The van der Waals surface area contributed by atoms with Crippen LogP contribution in [0.15, 0.2) is 42.5 Å². The maximum absolute atomic E-state index is 13.0. The first-order chi connectivity index (χ1) is 16.5. The topological polar surface area (TPSA) is 124 Å². The summed E-state index contributed by atoms with van der Waals surface area (Å²) in [6, 6.07) is 6.96. The van der Waals surface area contributed by atoms with E-state index in [1.54, 1.807) is 9.80 Å². The summed E-state index contributed by atoms with van der Waals surface area (Å²) in [4.78, 5) is 51.5. The third-order valence-electron chi connectivity index (χ3n) is 6.09. The highest BCUT2D eigenvalue weighted by Gasteiger charge is 2.43. The zero-order valence-electron chi connectivity index (χ0n) is 18.1. The van der Waals surface area contributed by atoms with E-state index in [0.717, 1.165) is 17.0 Å². The Morgan fingerprint density at radius 1 is 1.03 bits per heavy atom. The smallest absolute Gasteiger partial charge is 0.416 e. The van der Waals surface area contributed by atoms with Crippen LogP contribution in [0.5, 0.6) is 0 Å². The molecule has 0 aromatic heterocycles. The number of imide groups is 1. The molecule has 2 saturated heterocycles. The maximum atomic E-state index is 13.0. The van der Waals surface area contributed by atoms with Gasteiger partial charge >= 0.3 is 12.1 Å². The minimum absolute atomic E-state index is 0.0119. The summed E-state index contributed by atoms with van der Waals surface area (Å²) in [5.74, 6) is -2.05. The number of halogens is 3. The molecule has 0 saturated carbocycles. The van der Waals surface area contributed by atoms with Gasteiger partial charge in [-0.05, 0) is 36.4 Å². The maximum Gasteiger partial charge on any atom is 0.416 e. The number of carboxylic acid groups (broad SMARTS) is 1. The molecule has 0 spiro atoms. The van der Waals surface area contributed by atoms with Crippen molar-refractivity contribution in [3.8, 4) is 0 Å². The molecular formula is C22H19F3N4O6. The summed E-state index contributed by atoms with van der Waals surface area (Å²) in [6.07, 6.45) is -4.79. The zero-order chi connectivity index (χ0) is 25.5. The van der Waals surface area contributed by atoms with E-state index in [1.165, 1.54) is 24.3 Å². The minimum atomic E-state index is -4.71. The van der Waals surface area contributed by atoms with Crippen molar-refractivity contribution in [1.82, 2.24) is 4.90 Å². The van der Waals surface area contributed by atoms with Gasteiger partial charge in [0.15, 0.2) is 0 Å². The first-order valence-corrected chi connectivity index (χ1v) is 10.5. The van der Waals surface area contributed by atoms with Crippen LogP contribution in [-0.2, 0) is 15.8 Å². The van der Waals surface area contributed by atoms with Crippen molar-refractivity contribution in [2.75, 3.05) is 36.0 Å². The number of nitro benzene ring substituents is 1. The first-order valence-electron chi connectivity index (χ1n) is 10.5. The molecule has 184 valence electrons. The van der Waals surface area contributed by atoms with Crippen LogP contribution in [0.2, 0.25) is 0 Å². The molecule has 1 atom stereocenters. The normalized spacial score (nSPS) is 19.3. The molecule has 13 heteroatoms. The number of hydrogen-bond donors (Lipinski definition) is 1. The second-order valence-electron chi connectivity index (χ2n) is 8.12. The Labute approximate surface area is 196 Å². The third kappa shape index (κ3) is 4.67. The number of carbonyl (C=O) groups excluding carboxylic acids is 2. The largest absolute Gasteiger partial charge is 0.478 e. The molecule has 2 aromatic carbocycles. The van der Waals surface area contributed by atoms with Crippen LogP contribution in [0.3, 0.4) is 0 Å². The average molecular weight is 492 g/mol. The standard InChI is InChI=1S/C22H19F3N4O6/c23-22(24,25)14-3-6-16(17(11-14)29(34)35)26-7-9-27(10-8-26)18-12-19(30)28(20(18)31)15-4-1-13(2-5-15)21(32)33/h1-6,11,18H,7-10,12H2,(H,32,33)/t18-/m1/s1. The number of anilines is 2. The fraction of sp³-hybridized carbons (Fsp3) is 0.318. The SMILES string of the molecule is O=C(O)c1ccc(N2C(=O)C[C@@H](N3CCN(c4ccc(C(F)(F)F)cc4[N+](=O)[O-])CC3)C2=O)cc1. The summed E-state index contributed by atoms with van der Waals surface area (Å²) in [5, 5.41) is 20.4. The van der Waals surface area contributed by atoms with E-state index in [9.17, 15) is 37.7 Å². The van der Waals surface area contributed by atoms with Crippen molar-refractivity contribution in [3.63, 3.8) is 0 Å². The Bertz CT molecular complexity index is 1190. The highest BCUT2D eigenvalue weighted by atomic mass is 19.4. The van der Waals surface area contributed by atoms with Gasteiger partial charge in [0.2, 0.25) is 5.91 Å². The quantitative estimate of drug-likeness (QED) is 0.384. The van der Waals surface area contributed by atoms with E-state index in [1.807, 2.05) is 0 Å². The van der Waals surface area contributed by atoms with Crippen LogP contribution in [0.4, 0.5) is 30.2 Å². The molecule has 10 nitrogen and oxygen atoms in total. The van der Waals surface area contributed by atoms with Crippen LogP contribution in [0.25, 0.3) is 0 Å². The van der Waals surface area contributed by atoms with Crippen LogP contribution in [-0.4, -0.2) is 64.9 Å². The van der Waals surface area contributed by atoms with Gasteiger partial charge in [-0.3, -0.25) is 24.6 Å². The molecule has 2 fully saturated rings. The highest BCUT2D eigenvalue weighted by molar-refractivity contribution is 6.22. The number of carbonyl (C=O) groups is 3. The van der Waals surface area contributed by atoms with Crippen LogP contribution >= 0.6 is 0 Å². The number of alkyl halides is 3. The minimum Gasteiger partial charge on any atom is -0.478 e. The van der Waals surface area contributed by atoms with E-state index in [-0.39, 0.29) is 49.5 Å². The van der Waals surface area contributed by atoms with Gasteiger partial charge in [0.05, 0.1) is 34.2 Å². The summed E-state index contributed by atoms with van der Waals surface area (Å²) < 4.78 is 38.9. The van der Waals surface area contributed by atoms with Gasteiger partial charge in [-0.25, -0.2) is 9.69 Å². The summed E-state index contributed by atoms with van der Waals surface area (Å²) in [5.41, 5.74) is -1.45. The lowest BCUT2D eigenvalue weighted by Gasteiger charge is -2.37. The lowest BCUT2D eigenvalue weighted by atomic mass is 10.1. The van der Waals surface area contributed by atoms with Crippen molar-refractivity contribution >= 4 is 34.8 Å². The van der Waals surface area contributed by atoms with Crippen molar-refractivity contribution in [1.29, 1.82) is 0 Å². The van der Waals surface area contributed by atoms with E-state index in [4.69, 9.17) is 5.11 Å². The molecule has 0 unspecified atom stereocenters. The van der Waals surface area contributed by atoms with Crippen molar-refractivity contribution in [2.24, 2.45) is 0 Å². The molecule has 0 bridgehead atoms. The fourth-order valence-corrected chi connectivity index (χ4v) is 4.31. The van der Waals surface area contributed by atoms with E-state index in [0.29, 0.717) is 6.07 Å². The first kappa shape index (κ1) is 24.1. The molecule has 0 aliphatic carbocycles. The molecule has 2 aliphatic rings. The Morgan fingerprint density at radius 2 is 1.66 bits per heavy atom. The number of nitrogens with zero attached hydrogens (tertiary/aromatic N) is 4. The molecule has 1 N–H and O–H groups in total. The van der Waals surface area contributed by atoms with Crippen LogP contribution in [0.1, 0.15) is 22.3 Å². The Kier molecular flexibility index (Phi) is 6.19. The van der Waals surface area contributed by atoms with Gasteiger partial charge in [0.25, 0.3) is 11.6 Å². The van der Waals surface area contributed by atoms with Crippen molar-refractivity contribution in [3.05, 3.63) is 63.7 Å². The molecule has 2 aromatic rings. The Hall–Kier alpha value is -4.00. The Balaban J connectivity index is 1.46. The number of nitro groups is 1. The number of piperazine rings is 1. The van der Waals surface area contributed by atoms with Gasteiger partial charge in [-0.2, -0.15) is 13.2 Å². The number of hydrogen-bond acceptors (Lipinski definition) is 7. The molecule has 35 heavy (non-hydrogen) atoms. The zero-order valence-corrected chi connectivity index (χ0v) is 18.1. The van der Waals surface area contributed by atoms with Gasteiger partial charge in [-0.15, -0.1) is 0 Å². The molecule has 2 aliphatic heterocycles. The summed E-state index contributed by atoms with van der Waals surface area (Å²) in [7, 11) is 0. The predicted octanol–water partition coefficient (Wildman–Crippen LogP) is 2.77. The molecule has 2 heterocycles. The van der Waals surface area contributed by atoms with Gasteiger partial charge in [-0.1, -0.05) is 0 Å². The van der Waals surface area contributed by atoms with E-state index < -0.39 is 46.2 Å². The van der Waals surface area contributed by atoms with Gasteiger partial charge < -0.3 is 10.0 Å². The number of carboxylic acids is 1. The average Bonchev–Trinajstić information content (AvgIpc) is 3.12. The number of aromatic carboxylic acids is 1. The van der Waals surface area contributed by atoms with Crippen molar-refractivity contribution in [2.45, 2.75) is 18.6 Å². The lowest BCUT2D eigenvalue weighted by Crippen LogP contribution is -2.52. The molecular weight excluding hydrogens is 473 g/mol.